The topological polar surface area (TPSA) is 118 Å². The number of amides is 4. The van der Waals surface area contributed by atoms with Gasteiger partial charge in [0.1, 0.15) is 26.4 Å². The van der Waals surface area contributed by atoms with Crippen LogP contribution in [0.3, 0.4) is 0 Å². The van der Waals surface area contributed by atoms with Crippen LogP contribution in [-0.4, -0.2) is 123 Å². The van der Waals surface area contributed by atoms with E-state index >= 15 is 0 Å². The highest BCUT2D eigenvalue weighted by atomic mass is 16.6. The summed E-state index contributed by atoms with van der Waals surface area (Å²) in [6.45, 7) is 2.26. The van der Waals surface area contributed by atoms with Gasteiger partial charge in [0, 0.05) is 52.4 Å². The van der Waals surface area contributed by atoms with E-state index in [1.165, 1.54) is 19.6 Å². The molecule has 28 heavy (non-hydrogen) atoms. The number of hydrogen-bond acceptors (Lipinski definition) is 8. The zero-order chi connectivity index (χ0) is 19.9. The van der Waals surface area contributed by atoms with E-state index in [-0.39, 0.29) is 26.4 Å². The van der Waals surface area contributed by atoms with Crippen molar-refractivity contribution >= 4 is 24.4 Å². The van der Waals surface area contributed by atoms with Crippen molar-refractivity contribution in [1.82, 2.24) is 19.6 Å². The number of nitrogens with zero attached hydrogens (tertiary/aromatic N) is 4. The van der Waals surface area contributed by atoms with Gasteiger partial charge in [-0.05, 0) is 0 Å². The second-order valence-electron chi connectivity index (χ2n) is 6.41. The Bertz CT molecular complexity index is 495. The van der Waals surface area contributed by atoms with E-state index in [2.05, 4.69) is 0 Å². The highest BCUT2D eigenvalue weighted by Crippen LogP contribution is 2.08. The number of piperazine rings is 2. The van der Waals surface area contributed by atoms with Crippen molar-refractivity contribution in [2.75, 3.05) is 78.8 Å². The van der Waals surface area contributed by atoms with Gasteiger partial charge in [0.05, 0.1) is 0 Å². The van der Waals surface area contributed by atoms with Crippen molar-refractivity contribution < 1.29 is 38.1 Å². The molecular formula is C16H24N4O8. The SMILES string of the molecule is O=C1OCCOC(=O)N2CCN(CC2)C(=O)OCCOC(=O)N2CCN1CC2. The fourth-order valence-corrected chi connectivity index (χ4v) is 3.02. The zero-order valence-corrected chi connectivity index (χ0v) is 15.5. The third-order valence-corrected chi connectivity index (χ3v) is 4.66. The fraction of sp³-hybridized carbons (Fsp3) is 0.750. The van der Waals surface area contributed by atoms with E-state index in [0.29, 0.717) is 52.4 Å². The molecule has 0 aromatic carbocycles. The Balaban J connectivity index is 1.56. The summed E-state index contributed by atoms with van der Waals surface area (Å²) in [7, 11) is 0. The zero-order valence-electron chi connectivity index (χ0n) is 15.5. The minimum Gasteiger partial charge on any atom is -0.446 e. The molecule has 6 saturated heterocycles. The van der Waals surface area contributed by atoms with Crippen LogP contribution in [0.25, 0.3) is 0 Å². The Morgan fingerprint density at radius 1 is 0.393 bits per heavy atom. The summed E-state index contributed by atoms with van der Waals surface area (Å²) in [5, 5.41) is 0. The molecule has 0 unspecified atom stereocenters. The molecule has 0 spiro atoms. The maximum absolute atomic E-state index is 12.0. The van der Waals surface area contributed by atoms with E-state index in [0.717, 1.165) is 0 Å². The molecule has 0 radical (unpaired) electrons. The Morgan fingerprint density at radius 2 is 0.571 bits per heavy atom. The van der Waals surface area contributed by atoms with E-state index in [1.807, 2.05) is 0 Å². The van der Waals surface area contributed by atoms with Crippen LogP contribution in [0.2, 0.25) is 0 Å². The lowest BCUT2D eigenvalue weighted by Crippen LogP contribution is -2.52. The second-order valence-corrected chi connectivity index (χ2v) is 6.41. The minimum atomic E-state index is -0.515. The van der Waals surface area contributed by atoms with Gasteiger partial charge in [0.15, 0.2) is 0 Å². The molecule has 6 aliphatic heterocycles. The van der Waals surface area contributed by atoms with Crippen LogP contribution in [0, 0.1) is 0 Å². The Kier molecular flexibility index (Phi) is 6.61. The summed E-state index contributed by atoms with van der Waals surface area (Å²) < 4.78 is 20.4. The number of rotatable bonds is 0. The predicted molar refractivity (Wildman–Crippen MR) is 91.7 cm³/mol. The molecule has 156 valence electrons. The molecular weight excluding hydrogens is 376 g/mol. The van der Waals surface area contributed by atoms with Gasteiger partial charge < -0.3 is 38.5 Å². The van der Waals surface area contributed by atoms with Gasteiger partial charge in [-0.25, -0.2) is 19.2 Å². The van der Waals surface area contributed by atoms with Crippen molar-refractivity contribution in [3.8, 4) is 0 Å². The van der Waals surface area contributed by atoms with Crippen molar-refractivity contribution in [3.63, 3.8) is 0 Å². The number of ether oxygens (including phenoxy) is 4. The molecule has 6 rings (SSSR count). The van der Waals surface area contributed by atoms with Crippen LogP contribution < -0.4 is 0 Å². The minimum absolute atomic E-state index is 0.0564. The van der Waals surface area contributed by atoms with Crippen molar-refractivity contribution in [2.24, 2.45) is 0 Å². The second kappa shape index (κ2) is 9.33. The molecule has 0 N–H and O–H groups in total. The Hall–Kier alpha value is -2.92. The van der Waals surface area contributed by atoms with Gasteiger partial charge >= 0.3 is 24.4 Å². The summed E-state index contributed by atoms with van der Waals surface area (Å²) in [6, 6.07) is 0. The summed E-state index contributed by atoms with van der Waals surface area (Å²) in [4.78, 5) is 54.0. The molecule has 0 atom stereocenters. The first kappa shape index (κ1) is 19.8. The average molecular weight is 400 g/mol. The molecule has 12 nitrogen and oxygen atoms in total. The van der Waals surface area contributed by atoms with Crippen LogP contribution in [0.1, 0.15) is 0 Å². The van der Waals surface area contributed by atoms with Crippen molar-refractivity contribution in [3.05, 3.63) is 0 Å². The van der Waals surface area contributed by atoms with Gasteiger partial charge in [-0.15, -0.1) is 0 Å². The molecule has 4 bridgehead atoms. The average Bonchev–Trinajstić information content (AvgIpc) is 2.73. The smallest absolute Gasteiger partial charge is 0.410 e. The van der Waals surface area contributed by atoms with E-state index < -0.39 is 24.4 Å². The van der Waals surface area contributed by atoms with Gasteiger partial charge in [-0.2, -0.15) is 0 Å². The monoisotopic (exact) mass is 400 g/mol. The summed E-state index contributed by atoms with van der Waals surface area (Å²) >= 11 is 0. The van der Waals surface area contributed by atoms with E-state index in [4.69, 9.17) is 18.9 Å². The number of carbonyl (C=O) groups excluding carboxylic acids is 4. The molecule has 0 aromatic heterocycles. The summed E-state index contributed by atoms with van der Waals surface area (Å²) in [5.41, 5.74) is 0. The molecule has 0 saturated carbocycles. The van der Waals surface area contributed by atoms with Gasteiger partial charge in [-0.3, -0.25) is 0 Å². The Morgan fingerprint density at radius 3 is 0.750 bits per heavy atom. The third-order valence-electron chi connectivity index (χ3n) is 4.66. The Labute approximate surface area is 161 Å². The standard InChI is InChI=1S/C16H24N4O8/c21-13-17-1-2-18(4-3-17)14(22)26-11-12-28-16(24)20-7-5-19(6-8-20)15(23)27-10-9-25-13/h1-12H2. The van der Waals surface area contributed by atoms with Crippen LogP contribution in [0.15, 0.2) is 0 Å². The van der Waals surface area contributed by atoms with Gasteiger partial charge in [-0.1, -0.05) is 0 Å². The van der Waals surface area contributed by atoms with Gasteiger partial charge in [0.2, 0.25) is 0 Å². The summed E-state index contributed by atoms with van der Waals surface area (Å²) in [6.07, 6.45) is -2.06. The van der Waals surface area contributed by atoms with E-state index in [1.54, 1.807) is 0 Å². The summed E-state index contributed by atoms with van der Waals surface area (Å²) in [5.74, 6) is 0. The van der Waals surface area contributed by atoms with Gasteiger partial charge in [0.25, 0.3) is 0 Å². The number of carbonyl (C=O) groups is 4. The van der Waals surface area contributed by atoms with Crippen LogP contribution in [-0.2, 0) is 18.9 Å². The van der Waals surface area contributed by atoms with Crippen molar-refractivity contribution in [2.45, 2.75) is 0 Å². The maximum Gasteiger partial charge on any atom is 0.410 e. The van der Waals surface area contributed by atoms with E-state index in [9.17, 15) is 19.2 Å². The molecule has 4 amide bonds. The highest BCUT2D eigenvalue weighted by molar-refractivity contribution is 5.71. The number of hydrogen-bond donors (Lipinski definition) is 0. The lowest BCUT2D eigenvalue weighted by molar-refractivity contribution is 0.0262. The molecule has 6 heterocycles. The van der Waals surface area contributed by atoms with Crippen LogP contribution in [0.4, 0.5) is 19.2 Å². The lowest BCUT2D eigenvalue weighted by atomic mass is 10.3. The van der Waals surface area contributed by atoms with Crippen LogP contribution in [0.5, 0.6) is 0 Å². The molecule has 0 aliphatic carbocycles. The largest absolute Gasteiger partial charge is 0.446 e. The van der Waals surface area contributed by atoms with Crippen molar-refractivity contribution in [1.29, 1.82) is 0 Å². The lowest BCUT2D eigenvalue weighted by Gasteiger charge is -2.34. The molecule has 6 aliphatic rings. The molecule has 12 heteroatoms. The normalized spacial score (nSPS) is 23.1. The first-order chi connectivity index (χ1) is 13.5. The fourth-order valence-electron chi connectivity index (χ4n) is 3.02. The van der Waals surface area contributed by atoms with Crippen LogP contribution >= 0.6 is 0 Å². The first-order valence-electron chi connectivity index (χ1n) is 9.21. The molecule has 6 fully saturated rings. The quantitative estimate of drug-likeness (QED) is 0.512. The predicted octanol–water partition coefficient (Wildman–Crippen LogP) is -0.218. The maximum atomic E-state index is 12.0. The third kappa shape index (κ3) is 5.08. The highest BCUT2D eigenvalue weighted by Gasteiger charge is 2.28. The molecule has 0 aromatic rings. The first-order valence-corrected chi connectivity index (χ1v) is 9.21.